The Balaban J connectivity index is 1.83. The van der Waals surface area contributed by atoms with Gasteiger partial charge in [-0.25, -0.2) is 4.98 Å². The predicted octanol–water partition coefficient (Wildman–Crippen LogP) is 2.88. The quantitative estimate of drug-likeness (QED) is 0.903. The highest BCUT2D eigenvalue weighted by atomic mass is 32.1. The standard InChI is InChI=1S/C14H16N2OS/c1-9(15)12-8-18-14(16-12)11-6-10-4-2-3-5-13(10)17-7-11/h2-5,8-9,11H,6-7,15H2,1H3. The van der Waals surface area contributed by atoms with Gasteiger partial charge in [-0.15, -0.1) is 11.3 Å². The minimum atomic E-state index is 0.00629. The zero-order valence-corrected chi connectivity index (χ0v) is 11.1. The van der Waals surface area contributed by atoms with E-state index in [1.54, 1.807) is 11.3 Å². The minimum Gasteiger partial charge on any atom is -0.493 e. The molecule has 94 valence electrons. The van der Waals surface area contributed by atoms with Crippen LogP contribution >= 0.6 is 11.3 Å². The molecule has 2 unspecified atom stereocenters. The molecular formula is C14H16N2OS. The van der Waals surface area contributed by atoms with Crippen molar-refractivity contribution in [2.75, 3.05) is 6.61 Å². The van der Waals surface area contributed by atoms with Crippen LogP contribution in [0.2, 0.25) is 0 Å². The normalized spacial score (nSPS) is 20.0. The summed E-state index contributed by atoms with van der Waals surface area (Å²) in [5, 5.41) is 3.19. The van der Waals surface area contributed by atoms with Gasteiger partial charge >= 0.3 is 0 Å². The summed E-state index contributed by atoms with van der Waals surface area (Å²) in [5.41, 5.74) is 8.10. The topological polar surface area (TPSA) is 48.1 Å². The highest BCUT2D eigenvalue weighted by molar-refractivity contribution is 7.09. The molecule has 1 aliphatic heterocycles. The fourth-order valence-corrected chi connectivity index (χ4v) is 3.19. The number of hydrogen-bond donors (Lipinski definition) is 1. The Morgan fingerprint density at radius 3 is 3.06 bits per heavy atom. The molecule has 0 spiro atoms. The van der Waals surface area contributed by atoms with Gasteiger partial charge in [-0.1, -0.05) is 18.2 Å². The average molecular weight is 260 g/mol. The second-order valence-corrected chi connectivity index (χ2v) is 5.61. The molecule has 1 aliphatic rings. The van der Waals surface area contributed by atoms with E-state index < -0.39 is 0 Å². The Kier molecular flexibility index (Phi) is 3.06. The van der Waals surface area contributed by atoms with Crippen molar-refractivity contribution in [2.45, 2.75) is 25.3 Å². The van der Waals surface area contributed by atoms with Crippen LogP contribution < -0.4 is 10.5 Å². The van der Waals surface area contributed by atoms with Crippen LogP contribution in [0, 0.1) is 0 Å². The van der Waals surface area contributed by atoms with Gasteiger partial charge in [0.25, 0.3) is 0 Å². The SMILES string of the molecule is CC(N)c1csc(C2COc3ccccc3C2)n1. The van der Waals surface area contributed by atoms with Crippen molar-refractivity contribution in [3.8, 4) is 5.75 Å². The Bertz CT molecular complexity index is 550. The molecule has 0 saturated heterocycles. The van der Waals surface area contributed by atoms with Gasteiger partial charge in [0.15, 0.2) is 0 Å². The van der Waals surface area contributed by atoms with Gasteiger partial charge in [0.2, 0.25) is 0 Å². The van der Waals surface area contributed by atoms with Crippen LogP contribution in [0.15, 0.2) is 29.6 Å². The fourth-order valence-electron chi connectivity index (χ4n) is 2.18. The van der Waals surface area contributed by atoms with Crippen LogP contribution in [0.3, 0.4) is 0 Å². The third-order valence-corrected chi connectivity index (χ3v) is 4.26. The lowest BCUT2D eigenvalue weighted by Crippen LogP contribution is -2.19. The van der Waals surface area contributed by atoms with E-state index in [4.69, 9.17) is 10.5 Å². The van der Waals surface area contributed by atoms with Crippen LogP contribution in [-0.2, 0) is 6.42 Å². The highest BCUT2D eigenvalue weighted by Crippen LogP contribution is 2.33. The molecule has 1 aromatic carbocycles. The zero-order chi connectivity index (χ0) is 12.5. The second-order valence-electron chi connectivity index (χ2n) is 4.72. The van der Waals surface area contributed by atoms with Crippen molar-refractivity contribution in [1.82, 2.24) is 4.98 Å². The molecule has 2 atom stereocenters. The van der Waals surface area contributed by atoms with Crippen LogP contribution in [0.1, 0.15) is 35.1 Å². The third kappa shape index (κ3) is 2.13. The van der Waals surface area contributed by atoms with E-state index >= 15 is 0 Å². The third-order valence-electron chi connectivity index (χ3n) is 3.23. The monoisotopic (exact) mass is 260 g/mol. The van der Waals surface area contributed by atoms with E-state index in [-0.39, 0.29) is 6.04 Å². The van der Waals surface area contributed by atoms with Gasteiger partial charge in [0, 0.05) is 17.3 Å². The van der Waals surface area contributed by atoms with Crippen molar-refractivity contribution in [2.24, 2.45) is 5.73 Å². The summed E-state index contributed by atoms with van der Waals surface area (Å²) in [7, 11) is 0. The van der Waals surface area contributed by atoms with Crippen LogP contribution in [0.25, 0.3) is 0 Å². The number of fused-ring (bicyclic) bond motifs is 1. The summed E-state index contributed by atoms with van der Waals surface area (Å²) >= 11 is 1.69. The largest absolute Gasteiger partial charge is 0.493 e. The van der Waals surface area contributed by atoms with Gasteiger partial charge < -0.3 is 10.5 Å². The number of nitrogens with two attached hydrogens (primary N) is 1. The molecule has 2 heterocycles. The van der Waals surface area contributed by atoms with E-state index in [0.717, 1.165) is 22.9 Å². The number of nitrogens with zero attached hydrogens (tertiary/aromatic N) is 1. The van der Waals surface area contributed by atoms with Crippen molar-refractivity contribution >= 4 is 11.3 Å². The van der Waals surface area contributed by atoms with Gasteiger partial charge in [0.05, 0.1) is 17.3 Å². The molecule has 3 nitrogen and oxygen atoms in total. The van der Waals surface area contributed by atoms with E-state index in [2.05, 4.69) is 22.5 Å². The van der Waals surface area contributed by atoms with Crippen LogP contribution in [0.5, 0.6) is 5.75 Å². The number of benzene rings is 1. The number of hydrogen-bond acceptors (Lipinski definition) is 4. The molecule has 2 aromatic rings. The van der Waals surface area contributed by atoms with Crippen molar-refractivity contribution in [3.05, 3.63) is 45.9 Å². The maximum Gasteiger partial charge on any atom is 0.122 e. The minimum absolute atomic E-state index is 0.00629. The van der Waals surface area contributed by atoms with E-state index in [0.29, 0.717) is 12.5 Å². The fraction of sp³-hybridized carbons (Fsp3) is 0.357. The summed E-state index contributed by atoms with van der Waals surface area (Å²) in [6, 6.07) is 8.23. The molecule has 3 rings (SSSR count). The smallest absolute Gasteiger partial charge is 0.122 e. The second kappa shape index (κ2) is 4.71. The Morgan fingerprint density at radius 2 is 2.28 bits per heavy atom. The molecule has 0 radical (unpaired) electrons. The Hall–Kier alpha value is -1.39. The molecular weight excluding hydrogens is 244 g/mol. The first-order chi connectivity index (χ1) is 8.74. The Morgan fingerprint density at radius 1 is 1.44 bits per heavy atom. The van der Waals surface area contributed by atoms with Gasteiger partial charge in [0.1, 0.15) is 5.75 Å². The lowest BCUT2D eigenvalue weighted by Gasteiger charge is -2.23. The summed E-state index contributed by atoms with van der Waals surface area (Å²) in [6.45, 7) is 2.68. The van der Waals surface area contributed by atoms with Crippen LogP contribution in [0.4, 0.5) is 0 Å². The van der Waals surface area contributed by atoms with Crippen molar-refractivity contribution < 1.29 is 4.74 Å². The number of ether oxygens (including phenoxy) is 1. The van der Waals surface area contributed by atoms with Gasteiger partial charge in [-0.3, -0.25) is 0 Å². The molecule has 4 heteroatoms. The molecule has 1 aromatic heterocycles. The van der Waals surface area contributed by atoms with E-state index in [1.807, 2.05) is 19.1 Å². The first-order valence-electron chi connectivity index (χ1n) is 6.15. The summed E-state index contributed by atoms with van der Waals surface area (Å²) < 4.78 is 5.80. The molecule has 0 saturated carbocycles. The predicted molar refractivity (Wildman–Crippen MR) is 73.1 cm³/mol. The molecule has 0 bridgehead atoms. The maximum atomic E-state index is 5.85. The number of rotatable bonds is 2. The van der Waals surface area contributed by atoms with E-state index in [1.165, 1.54) is 5.56 Å². The average Bonchev–Trinajstić information content (AvgIpc) is 2.88. The van der Waals surface area contributed by atoms with Gasteiger partial charge in [-0.2, -0.15) is 0 Å². The molecule has 18 heavy (non-hydrogen) atoms. The molecule has 0 aliphatic carbocycles. The van der Waals surface area contributed by atoms with Crippen LogP contribution in [-0.4, -0.2) is 11.6 Å². The number of thiazole rings is 1. The lowest BCUT2D eigenvalue weighted by atomic mass is 9.97. The number of para-hydroxylation sites is 1. The maximum absolute atomic E-state index is 5.85. The highest BCUT2D eigenvalue weighted by Gasteiger charge is 2.23. The lowest BCUT2D eigenvalue weighted by molar-refractivity contribution is 0.262. The first-order valence-corrected chi connectivity index (χ1v) is 7.03. The Labute approximate surface area is 111 Å². The van der Waals surface area contributed by atoms with Crippen molar-refractivity contribution in [1.29, 1.82) is 0 Å². The zero-order valence-electron chi connectivity index (χ0n) is 10.3. The summed E-state index contributed by atoms with van der Waals surface area (Å²) in [6.07, 6.45) is 1.00. The molecule has 0 fully saturated rings. The summed E-state index contributed by atoms with van der Waals surface area (Å²) in [4.78, 5) is 4.62. The van der Waals surface area contributed by atoms with Crippen molar-refractivity contribution in [3.63, 3.8) is 0 Å². The summed E-state index contributed by atoms with van der Waals surface area (Å²) in [5.74, 6) is 1.37. The van der Waals surface area contributed by atoms with E-state index in [9.17, 15) is 0 Å². The molecule has 2 N–H and O–H groups in total. The number of aromatic nitrogens is 1. The molecule has 0 amide bonds. The first kappa shape index (κ1) is 11.7. The van der Waals surface area contributed by atoms with Gasteiger partial charge in [-0.05, 0) is 25.0 Å².